The van der Waals surface area contributed by atoms with Crippen LogP contribution in [-0.2, 0) is 4.74 Å². The third-order valence-corrected chi connectivity index (χ3v) is 4.56. The number of halogens is 3. The van der Waals surface area contributed by atoms with Gasteiger partial charge in [0.25, 0.3) is 5.92 Å². The average molecular weight is 415 g/mol. The van der Waals surface area contributed by atoms with E-state index < -0.39 is 24.4 Å². The number of pyridine rings is 1. The van der Waals surface area contributed by atoms with Gasteiger partial charge in [-0.15, -0.1) is 0 Å². The lowest BCUT2D eigenvalue weighted by molar-refractivity contribution is -0.113. The molecule has 1 fully saturated rings. The number of fused-ring (bicyclic) bond motifs is 1. The van der Waals surface area contributed by atoms with Gasteiger partial charge >= 0.3 is 6.09 Å². The highest BCUT2D eigenvalue weighted by Gasteiger charge is 2.46. The number of hydrogen-bond acceptors (Lipinski definition) is 6. The second-order valence-corrected chi connectivity index (χ2v) is 7.50. The van der Waals surface area contributed by atoms with Crippen LogP contribution in [0, 0.1) is 11.8 Å². The van der Waals surface area contributed by atoms with Gasteiger partial charge in [-0.05, 0) is 5.92 Å². The quantitative estimate of drug-likeness (QED) is 0.692. The zero-order valence-electron chi connectivity index (χ0n) is 15.6. The van der Waals surface area contributed by atoms with Crippen LogP contribution in [0.4, 0.5) is 13.6 Å². The molecule has 0 bridgehead atoms. The second-order valence-electron chi connectivity index (χ2n) is 7.11. The number of ether oxygens (including phenoxy) is 2. The molecule has 7 nitrogen and oxygen atoms in total. The number of alkyl halides is 2. The molecule has 152 valence electrons. The highest BCUT2D eigenvalue weighted by atomic mass is 35.5. The van der Waals surface area contributed by atoms with Crippen LogP contribution < -0.4 is 4.74 Å². The molecule has 1 saturated heterocycles. The third kappa shape index (κ3) is 4.76. The van der Waals surface area contributed by atoms with Gasteiger partial charge in [-0.3, -0.25) is 4.98 Å². The van der Waals surface area contributed by atoms with Crippen LogP contribution in [0.25, 0.3) is 11.0 Å². The fraction of sp³-hybridized carbons (Fsp3) is 0.556. The zero-order chi connectivity index (χ0) is 20.3. The molecule has 0 aromatic carbocycles. The third-order valence-electron chi connectivity index (χ3n) is 4.37. The lowest BCUT2D eigenvalue weighted by Gasteiger charge is -2.37. The number of likely N-dealkylation sites (tertiary alicyclic amines) is 1. The Balaban J connectivity index is 1.70. The molecule has 1 aliphatic heterocycles. The summed E-state index contributed by atoms with van der Waals surface area (Å²) in [6, 6.07) is 1.51. The maximum atomic E-state index is 14.4. The Morgan fingerprint density at radius 1 is 1.39 bits per heavy atom. The Morgan fingerprint density at radius 3 is 2.89 bits per heavy atom. The lowest BCUT2D eigenvalue weighted by Crippen LogP contribution is -2.51. The largest absolute Gasteiger partial charge is 0.475 e. The van der Waals surface area contributed by atoms with Gasteiger partial charge in [-0.25, -0.2) is 18.6 Å². The van der Waals surface area contributed by atoms with Gasteiger partial charge in [0.1, 0.15) is 11.8 Å². The van der Waals surface area contributed by atoms with Crippen LogP contribution >= 0.6 is 11.6 Å². The molecular weight excluding hydrogens is 394 g/mol. The normalized spacial score (nSPS) is 19.1. The molecule has 2 aromatic heterocycles. The van der Waals surface area contributed by atoms with Crippen molar-refractivity contribution in [3.63, 3.8) is 0 Å². The predicted octanol–water partition coefficient (Wildman–Crippen LogP) is 3.81. The van der Waals surface area contributed by atoms with Crippen LogP contribution in [0.15, 0.2) is 18.5 Å². The predicted molar refractivity (Wildman–Crippen MR) is 98.7 cm³/mol. The molecule has 3 rings (SSSR count). The Hall–Kier alpha value is -2.29. The summed E-state index contributed by atoms with van der Waals surface area (Å²) < 4.78 is 39.5. The standard InChI is InChI=1S/C18H21ClF2N4O3/c1-11(2)9-28-17(26)25-6-3-18(20,21)12(8-25)10-27-16-15-13(7-14(19)24-16)22-4-5-23-15/h4-5,7,11-12H,3,6,8-10H2,1-2H3. The number of rotatable bonds is 5. The number of carbonyl (C=O) groups excluding carboxylic acids is 1. The van der Waals surface area contributed by atoms with E-state index in [0.29, 0.717) is 11.0 Å². The molecule has 10 heteroatoms. The minimum Gasteiger partial charge on any atom is -0.475 e. The van der Waals surface area contributed by atoms with Gasteiger partial charge in [0.2, 0.25) is 5.88 Å². The fourth-order valence-corrected chi connectivity index (χ4v) is 3.02. The summed E-state index contributed by atoms with van der Waals surface area (Å²) >= 11 is 5.95. The summed E-state index contributed by atoms with van der Waals surface area (Å²) in [7, 11) is 0. The molecule has 1 aliphatic rings. The molecule has 1 amide bonds. The molecule has 0 N–H and O–H groups in total. The summed E-state index contributed by atoms with van der Waals surface area (Å²) in [6.45, 7) is 3.46. The number of piperidine rings is 1. The first-order valence-electron chi connectivity index (χ1n) is 8.96. The van der Waals surface area contributed by atoms with Crippen molar-refractivity contribution in [2.45, 2.75) is 26.2 Å². The van der Waals surface area contributed by atoms with Gasteiger partial charge in [0, 0.05) is 38.0 Å². The zero-order valence-corrected chi connectivity index (χ0v) is 16.3. The number of hydrogen-bond donors (Lipinski definition) is 0. The Morgan fingerprint density at radius 2 is 2.14 bits per heavy atom. The molecule has 3 heterocycles. The van der Waals surface area contributed by atoms with Crippen molar-refractivity contribution in [2.24, 2.45) is 11.8 Å². The first kappa shape index (κ1) is 20.4. The fourth-order valence-electron chi connectivity index (χ4n) is 2.84. The lowest BCUT2D eigenvalue weighted by atomic mass is 9.94. The van der Waals surface area contributed by atoms with Crippen molar-refractivity contribution >= 4 is 28.7 Å². The van der Waals surface area contributed by atoms with Crippen LogP contribution in [-0.4, -0.2) is 58.2 Å². The maximum absolute atomic E-state index is 14.4. The van der Waals surface area contributed by atoms with Gasteiger partial charge in [0.15, 0.2) is 5.52 Å². The van der Waals surface area contributed by atoms with Crippen molar-refractivity contribution < 1.29 is 23.0 Å². The molecule has 1 atom stereocenters. The smallest absolute Gasteiger partial charge is 0.409 e. The van der Waals surface area contributed by atoms with E-state index in [-0.39, 0.29) is 43.3 Å². The Labute approximate surface area is 166 Å². The molecule has 28 heavy (non-hydrogen) atoms. The first-order chi connectivity index (χ1) is 13.3. The van der Waals surface area contributed by atoms with E-state index >= 15 is 0 Å². The van der Waals surface area contributed by atoms with E-state index in [0.717, 1.165) is 0 Å². The summed E-state index contributed by atoms with van der Waals surface area (Å²) in [5.74, 6) is -3.99. The summed E-state index contributed by atoms with van der Waals surface area (Å²) in [4.78, 5) is 25.7. The number of aromatic nitrogens is 3. The van der Waals surface area contributed by atoms with Crippen molar-refractivity contribution in [1.29, 1.82) is 0 Å². The highest BCUT2D eigenvalue weighted by Crippen LogP contribution is 2.34. The highest BCUT2D eigenvalue weighted by molar-refractivity contribution is 6.30. The Kier molecular flexibility index (Phi) is 6.12. The molecule has 0 spiro atoms. The van der Waals surface area contributed by atoms with Crippen molar-refractivity contribution in [3.05, 3.63) is 23.6 Å². The minimum absolute atomic E-state index is 0.0332. The van der Waals surface area contributed by atoms with Gasteiger partial charge in [-0.2, -0.15) is 4.98 Å². The van der Waals surface area contributed by atoms with Crippen LogP contribution in [0.3, 0.4) is 0 Å². The minimum atomic E-state index is -2.98. The van der Waals surface area contributed by atoms with Crippen molar-refractivity contribution in [2.75, 3.05) is 26.3 Å². The maximum Gasteiger partial charge on any atom is 0.409 e. The second kappa shape index (κ2) is 8.38. The van der Waals surface area contributed by atoms with Crippen LogP contribution in [0.1, 0.15) is 20.3 Å². The van der Waals surface area contributed by atoms with Gasteiger partial charge in [0.05, 0.1) is 18.0 Å². The van der Waals surface area contributed by atoms with Gasteiger partial charge < -0.3 is 14.4 Å². The molecule has 0 radical (unpaired) electrons. The monoisotopic (exact) mass is 414 g/mol. The van der Waals surface area contributed by atoms with Gasteiger partial charge in [-0.1, -0.05) is 25.4 Å². The number of carbonyl (C=O) groups is 1. The van der Waals surface area contributed by atoms with E-state index in [9.17, 15) is 13.6 Å². The SMILES string of the molecule is CC(C)COC(=O)N1CCC(F)(F)C(COc2nc(Cl)cc3nccnc23)C1. The number of amides is 1. The van der Waals surface area contributed by atoms with E-state index in [1.165, 1.54) is 23.4 Å². The summed E-state index contributed by atoms with van der Waals surface area (Å²) in [5, 5.41) is 0.122. The van der Waals surface area contributed by atoms with Crippen LogP contribution in [0.2, 0.25) is 5.15 Å². The molecule has 2 aromatic rings. The molecular formula is C18H21ClF2N4O3. The molecule has 0 aliphatic carbocycles. The number of nitrogens with zero attached hydrogens (tertiary/aromatic N) is 4. The Bertz CT molecular complexity index is 853. The van der Waals surface area contributed by atoms with E-state index in [1.54, 1.807) is 0 Å². The van der Waals surface area contributed by atoms with Crippen molar-refractivity contribution in [1.82, 2.24) is 19.9 Å². The van der Waals surface area contributed by atoms with Crippen molar-refractivity contribution in [3.8, 4) is 5.88 Å². The molecule has 1 unspecified atom stereocenters. The van der Waals surface area contributed by atoms with E-state index in [1.807, 2.05) is 13.8 Å². The van der Waals surface area contributed by atoms with E-state index in [4.69, 9.17) is 21.1 Å². The summed E-state index contributed by atoms with van der Waals surface area (Å²) in [5.41, 5.74) is 0.783. The summed E-state index contributed by atoms with van der Waals surface area (Å²) in [6.07, 6.45) is 1.89. The average Bonchev–Trinajstić information content (AvgIpc) is 2.64. The first-order valence-corrected chi connectivity index (χ1v) is 9.33. The molecule has 0 saturated carbocycles. The topological polar surface area (TPSA) is 77.4 Å². The van der Waals surface area contributed by atoms with E-state index in [2.05, 4.69) is 15.0 Å². The van der Waals surface area contributed by atoms with Crippen LogP contribution in [0.5, 0.6) is 5.88 Å².